The number of thiophene rings is 1. The zero-order chi connectivity index (χ0) is 11.0. The first-order valence-electron chi connectivity index (χ1n) is 4.95. The van der Waals surface area contributed by atoms with Gasteiger partial charge in [-0.15, -0.1) is 28.3 Å². The maximum atomic E-state index is 6.11. The molecule has 0 saturated heterocycles. The van der Waals surface area contributed by atoms with Crippen LogP contribution >= 0.6 is 51.7 Å². The standard InChI is InChI=1S/C11H9ClN2S2.BrH/c12-10-9(4-3-8-2-1-6-15-8)14-5-7-16-11(14)13-10;/h1-4,6H,5,7H2;1H/b4-3+;. The molecule has 0 bridgehead atoms. The van der Waals surface area contributed by atoms with Gasteiger partial charge in [0.1, 0.15) is 0 Å². The van der Waals surface area contributed by atoms with Crippen LogP contribution in [0.4, 0.5) is 0 Å². The summed E-state index contributed by atoms with van der Waals surface area (Å²) in [5.74, 6) is 1.10. The van der Waals surface area contributed by atoms with Gasteiger partial charge in [-0.1, -0.05) is 29.4 Å². The molecule has 0 saturated carbocycles. The van der Waals surface area contributed by atoms with Crippen molar-refractivity contribution in [2.75, 3.05) is 5.75 Å². The quantitative estimate of drug-likeness (QED) is 0.797. The highest BCUT2D eigenvalue weighted by molar-refractivity contribution is 8.93. The van der Waals surface area contributed by atoms with Crippen molar-refractivity contribution < 1.29 is 0 Å². The van der Waals surface area contributed by atoms with Crippen LogP contribution in [-0.4, -0.2) is 15.3 Å². The molecule has 2 nitrogen and oxygen atoms in total. The SMILES string of the molecule is Br.Clc1nc2n(c1/C=C/c1cccs1)CCS2. The van der Waals surface area contributed by atoms with Crippen molar-refractivity contribution in [3.63, 3.8) is 0 Å². The van der Waals surface area contributed by atoms with Gasteiger partial charge < -0.3 is 4.57 Å². The van der Waals surface area contributed by atoms with E-state index in [1.54, 1.807) is 23.1 Å². The van der Waals surface area contributed by atoms with Crippen LogP contribution in [0.5, 0.6) is 0 Å². The fourth-order valence-electron chi connectivity index (χ4n) is 1.68. The number of fused-ring (bicyclic) bond motifs is 1. The topological polar surface area (TPSA) is 17.8 Å². The first kappa shape index (κ1) is 13.2. The molecule has 0 N–H and O–H groups in total. The van der Waals surface area contributed by atoms with Crippen molar-refractivity contribution in [2.45, 2.75) is 11.7 Å². The van der Waals surface area contributed by atoms with Gasteiger partial charge in [0, 0.05) is 17.2 Å². The number of hydrogen-bond donors (Lipinski definition) is 0. The predicted molar refractivity (Wildman–Crippen MR) is 81.5 cm³/mol. The second-order valence-electron chi connectivity index (χ2n) is 3.42. The third kappa shape index (κ3) is 2.62. The van der Waals surface area contributed by atoms with Gasteiger partial charge in [-0.05, 0) is 23.6 Å². The summed E-state index contributed by atoms with van der Waals surface area (Å²) in [6, 6.07) is 4.13. The summed E-state index contributed by atoms with van der Waals surface area (Å²) in [7, 11) is 0. The molecule has 6 heteroatoms. The van der Waals surface area contributed by atoms with Crippen LogP contribution in [0.1, 0.15) is 10.6 Å². The number of imidazole rings is 1. The Balaban J connectivity index is 0.00000108. The molecule has 0 unspecified atom stereocenters. The third-order valence-corrected chi connectivity index (χ3v) is 4.49. The minimum atomic E-state index is 0. The van der Waals surface area contributed by atoms with Crippen LogP contribution in [0.2, 0.25) is 5.15 Å². The molecular weight excluding hydrogens is 340 g/mol. The normalized spacial score (nSPS) is 13.9. The number of halogens is 2. The van der Waals surface area contributed by atoms with E-state index in [2.05, 4.69) is 33.1 Å². The Morgan fingerprint density at radius 3 is 3.06 bits per heavy atom. The monoisotopic (exact) mass is 348 g/mol. The Kier molecular flexibility index (Phi) is 4.36. The number of thioether (sulfide) groups is 1. The van der Waals surface area contributed by atoms with Gasteiger partial charge in [-0.25, -0.2) is 4.98 Å². The predicted octanol–water partition coefficient (Wildman–Crippen LogP) is 4.45. The lowest BCUT2D eigenvalue weighted by atomic mass is 10.3. The van der Waals surface area contributed by atoms with E-state index in [9.17, 15) is 0 Å². The van der Waals surface area contributed by atoms with Gasteiger partial charge in [0.15, 0.2) is 10.3 Å². The molecule has 0 aliphatic carbocycles. The zero-order valence-corrected chi connectivity index (χ0v) is 12.9. The molecule has 0 amide bonds. The number of hydrogen-bond acceptors (Lipinski definition) is 3. The second-order valence-corrected chi connectivity index (χ2v) is 5.82. The maximum Gasteiger partial charge on any atom is 0.170 e. The van der Waals surface area contributed by atoms with Crippen molar-refractivity contribution in [1.82, 2.24) is 9.55 Å². The van der Waals surface area contributed by atoms with E-state index in [1.807, 2.05) is 6.07 Å². The van der Waals surface area contributed by atoms with Gasteiger partial charge in [0.05, 0.1) is 5.69 Å². The molecule has 2 aromatic rings. The molecule has 1 aliphatic heterocycles. The Labute approximate surface area is 123 Å². The minimum Gasteiger partial charge on any atom is -0.317 e. The fourth-order valence-corrected chi connectivity index (χ4v) is 3.55. The lowest BCUT2D eigenvalue weighted by Gasteiger charge is -1.98. The first-order chi connectivity index (χ1) is 7.84. The second kappa shape index (κ2) is 5.61. The number of nitrogens with zero attached hydrogens (tertiary/aromatic N) is 2. The molecular formula is C11H10BrClN2S2. The molecule has 17 heavy (non-hydrogen) atoms. The molecule has 0 atom stereocenters. The van der Waals surface area contributed by atoms with Crippen molar-refractivity contribution in [1.29, 1.82) is 0 Å². The third-order valence-electron chi connectivity index (χ3n) is 2.42. The van der Waals surface area contributed by atoms with Crippen molar-refractivity contribution in [3.8, 4) is 0 Å². The molecule has 0 fully saturated rings. The van der Waals surface area contributed by atoms with Crippen LogP contribution in [0.3, 0.4) is 0 Å². The first-order valence-corrected chi connectivity index (χ1v) is 7.19. The average molecular weight is 350 g/mol. The van der Waals surface area contributed by atoms with Crippen LogP contribution < -0.4 is 0 Å². The van der Waals surface area contributed by atoms with E-state index in [0.717, 1.165) is 23.1 Å². The van der Waals surface area contributed by atoms with Crippen molar-refractivity contribution in [3.05, 3.63) is 33.2 Å². The molecule has 2 aromatic heterocycles. The van der Waals surface area contributed by atoms with Gasteiger partial charge >= 0.3 is 0 Å². The van der Waals surface area contributed by atoms with Gasteiger partial charge in [0.2, 0.25) is 0 Å². The Hall–Kier alpha value is -0.230. The lowest BCUT2D eigenvalue weighted by molar-refractivity contribution is 0.713. The lowest BCUT2D eigenvalue weighted by Crippen LogP contribution is -1.95. The van der Waals surface area contributed by atoms with Crippen LogP contribution in [-0.2, 0) is 6.54 Å². The van der Waals surface area contributed by atoms with Gasteiger partial charge in [0.25, 0.3) is 0 Å². The largest absolute Gasteiger partial charge is 0.317 e. The molecule has 3 rings (SSSR count). The van der Waals surface area contributed by atoms with E-state index in [1.165, 1.54) is 4.88 Å². The summed E-state index contributed by atoms with van der Waals surface area (Å²) in [6.45, 7) is 1.00. The molecule has 90 valence electrons. The van der Waals surface area contributed by atoms with Crippen molar-refractivity contribution >= 4 is 63.8 Å². The van der Waals surface area contributed by atoms with E-state index in [4.69, 9.17) is 11.6 Å². The highest BCUT2D eigenvalue weighted by Gasteiger charge is 2.18. The number of rotatable bonds is 2. The van der Waals surface area contributed by atoms with Gasteiger partial charge in [-0.3, -0.25) is 0 Å². The number of aromatic nitrogens is 2. The summed E-state index contributed by atoms with van der Waals surface area (Å²) in [4.78, 5) is 5.57. The molecule has 0 radical (unpaired) electrons. The summed E-state index contributed by atoms with van der Waals surface area (Å²) in [5.41, 5.74) is 1.02. The van der Waals surface area contributed by atoms with Crippen LogP contribution in [0, 0.1) is 0 Å². The van der Waals surface area contributed by atoms with E-state index < -0.39 is 0 Å². The summed E-state index contributed by atoms with van der Waals surface area (Å²) in [6.07, 6.45) is 4.14. The fraction of sp³-hybridized carbons (Fsp3) is 0.182. The summed E-state index contributed by atoms with van der Waals surface area (Å²) >= 11 is 9.59. The maximum absolute atomic E-state index is 6.11. The Bertz CT molecular complexity index is 534. The van der Waals surface area contributed by atoms with E-state index in [0.29, 0.717) is 5.15 Å². The van der Waals surface area contributed by atoms with E-state index >= 15 is 0 Å². The molecule has 3 heterocycles. The Morgan fingerprint density at radius 1 is 1.41 bits per heavy atom. The smallest absolute Gasteiger partial charge is 0.170 e. The van der Waals surface area contributed by atoms with E-state index in [-0.39, 0.29) is 17.0 Å². The molecule has 1 aliphatic rings. The van der Waals surface area contributed by atoms with Gasteiger partial charge in [-0.2, -0.15) is 0 Å². The van der Waals surface area contributed by atoms with Crippen LogP contribution in [0.25, 0.3) is 12.2 Å². The molecule has 0 spiro atoms. The zero-order valence-electron chi connectivity index (χ0n) is 8.80. The highest BCUT2D eigenvalue weighted by Crippen LogP contribution is 2.31. The van der Waals surface area contributed by atoms with Crippen molar-refractivity contribution in [2.24, 2.45) is 0 Å². The summed E-state index contributed by atoms with van der Waals surface area (Å²) < 4.78 is 2.18. The highest BCUT2D eigenvalue weighted by atomic mass is 79.9. The Morgan fingerprint density at radius 2 is 2.29 bits per heavy atom. The minimum absolute atomic E-state index is 0. The summed E-state index contributed by atoms with van der Waals surface area (Å²) in [5, 5.41) is 3.71. The van der Waals surface area contributed by atoms with Crippen LogP contribution in [0.15, 0.2) is 22.7 Å². The molecule has 0 aromatic carbocycles. The average Bonchev–Trinajstić information content (AvgIpc) is 2.92.